The van der Waals surface area contributed by atoms with Gasteiger partial charge in [0.05, 0.1) is 24.2 Å². The van der Waals surface area contributed by atoms with Gasteiger partial charge in [-0.25, -0.2) is 9.78 Å². The third-order valence-corrected chi connectivity index (χ3v) is 6.22. The number of nitrogens with one attached hydrogen (secondary N) is 2. The van der Waals surface area contributed by atoms with Crippen LogP contribution in [0.1, 0.15) is 5.82 Å². The van der Waals surface area contributed by atoms with Gasteiger partial charge in [-0.2, -0.15) is 13.2 Å². The van der Waals surface area contributed by atoms with Crippen LogP contribution in [-0.4, -0.2) is 59.9 Å². The number of para-hydroxylation sites is 1. The zero-order chi connectivity index (χ0) is 25.8. The molecule has 3 aromatic carbocycles. The van der Waals surface area contributed by atoms with Gasteiger partial charge in [-0.05, 0) is 47.5 Å². The molecule has 1 aliphatic rings. The number of amides is 2. The number of hydrogen-bond donors (Lipinski definition) is 2. The lowest BCUT2D eigenvalue weighted by Crippen LogP contribution is -2.42. The van der Waals surface area contributed by atoms with Gasteiger partial charge in [-0.3, -0.25) is 9.47 Å². The van der Waals surface area contributed by atoms with Crippen molar-refractivity contribution in [3.8, 4) is 16.8 Å². The molecule has 0 radical (unpaired) electrons. The summed E-state index contributed by atoms with van der Waals surface area (Å²) in [5.74, 6) is -0.968. The number of benzene rings is 3. The molecule has 1 aliphatic heterocycles. The number of alkyl halides is 3. The largest absolute Gasteiger partial charge is 0.450 e. The van der Waals surface area contributed by atoms with E-state index in [0.29, 0.717) is 36.6 Å². The fraction of sp³-hybridized carbons (Fsp3) is 0.259. The van der Waals surface area contributed by atoms with E-state index in [4.69, 9.17) is 4.74 Å². The Hall–Kier alpha value is -3.89. The van der Waals surface area contributed by atoms with Crippen molar-refractivity contribution in [3.63, 3.8) is 0 Å². The molecule has 4 aromatic rings. The number of carbonyl (C=O) groups excluding carboxylic acids is 1. The Kier molecular flexibility index (Phi) is 7.11. The normalized spacial score (nSPS) is 14.6. The summed E-state index contributed by atoms with van der Waals surface area (Å²) in [6, 6.07) is 20.3. The van der Waals surface area contributed by atoms with Crippen molar-refractivity contribution >= 4 is 22.8 Å². The lowest BCUT2D eigenvalue weighted by Gasteiger charge is -2.26. The maximum atomic E-state index is 13.8. The maximum absolute atomic E-state index is 13.8. The highest BCUT2D eigenvalue weighted by molar-refractivity contribution is 5.90. The minimum atomic E-state index is -4.61. The van der Waals surface area contributed by atoms with E-state index in [1.165, 1.54) is 0 Å². The second kappa shape index (κ2) is 10.6. The molecule has 0 bridgehead atoms. The third-order valence-electron chi connectivity index (χ3n) is 6.22. The number of halogens is 3. The molecule has 0 saturated carbocycles. The molecule has 0 aliphatic carbocycles. The standard InChI is InChI=1S/C27H26F3N5O2/c28-27(29,30)25-33-23-18-20(8-11-24(23)35(25)22-4-2-1-3-5-22)19-6-9-21(10-7-19)32-26(36)31-12-13-34-14-16-37-17-15-34/h1-11,18H,12-17H2,(H2,31,32,36). The van der Waals surface area contributed by atoms with Crippen molar-refractivity contribution in [2.24, 2.45) is 0 Å². The van der Waals surface area contributed by atoms with E-state index >= 15 is 0 Å². The van der Waals surface area contributed by atoms with E-state index in [9.17, 15) is 18.0 Å². The fourth-order valence-corrected chi connectivity index (χ4v) is 4.36. The SMILES string of the molecule is O=C(NCCN1CCOCC1)Nc1ccc(-c2ccc3c(c2)nc(C(F)(F)F)n3-c2ccccc2)cc1. The zero-order valence-corrected chi connectivity index (χ0v) is 20.0. The molecule has 1 fully saturated rings. The van der Waals surface area contributed by atoms with Crippen molar-refractivity contribution in [1.29, 1.82) is 0 Å². The van der Waals surface area contributed by atoms with Crippen LogP contribution in [0.25, 0.3) is 27.8 Å². The van der Waals surface area contributed by atoms with Crippen LogP contribution in [0.15, 0.2) is 72.8 Å². The van der Waals surface area contributed by atoms with Gasteiger partial charge in [-0.1, -0.05) is 36.4 Å². The summed E-state index contributed by atoms with van der Waals surface area (Å²) < 4.78 is 47.8. The van der Waals surface area contributed by atoms with E-state index < -0.39 is 12.0 Å². The van der Waals surface area contributed by atoms with E-state index in [1.54, 1.807) is 60.7 Å². The Morgan fingerprint density at radius 2 is 1.65 bits per heavy atom. The monoisotopic (exact) mass is 509 g/mol. The lowest BCUT2D eigenvalue weighted by molar-refractivity contribution is -0.145. The number of urea groups is 1. The van der Waals surface area contributed by atoms with Gasteiger partial charge in [0.25, 0.3) is 0 Å². The third kappa shape index (κ3) is 5.76. The van der Waals surface area contributed by atoms with Gasteiger partial charge in [0.1, 0.15) is 0 Å². The Morgan fingerprint density at radius 3 is 2.35 bits per heavy atom. The molecule has 10 heteroatoms. The van der Waals surface area contributed by atoms with Crippen molar-refractivity contribution < 1.29 is 22.7 Å². The first-order valence-corrected chi connectivity index (χ1v) is 12.0. The second-order valence-corrected chi connectivity index (χ2v) is 8.72. The van der Waals surface area contributed by atoms with Crippen LogP contribution in [0, 0.1) is 0 Å². The average Bonchev–Trinajstić information content (AvgIpc) is 3.30. The number of fused-ring (bicyclic) bond motifs is 1. The molecule has 2 heterocycles. The molecular weight excluding hydrogens is 483 g/mol. The van der Waals surface area contributed by atoms with Gasteiger partial charge >= 0.3 is 12.2 Å². The van der Waals surface area contributed by atoms with Gasteiger partial charge < -0.3 is 15.4 Å². The number of carbonyl (C=O) groups is 1. The number of morpholine rings is 1. The van der Waals surface area contributed by atoms with Crippen LogP contribution < -0.4 is 10.6 Å². The number of aromatic nitrogens is 2. The number of anilines is 1. The van der Waals surface area contributed by atoms with Crippen LogP contribution >= 0.6 is 0 Å². The number of imidazole rings is 1. The van der Waals surface area contributed by atoms with Crippen molar-refractivity contribution in [2.75, 3.05) is 44.7 Å². The fourth-order valence-electron chi connectivity index (χ4n) is 4.36. The average molecular weight is 510 g/mol. The van der Waals surface area contributed by atoms with Gasteiger partial charge in [0, 0.05) is 37.6 Å². The predicted molar refractivity (Wildman–Crippen MR) is 136 cm³/mol. The first-order chi connectivity index (χ1) is 17.9. The van der Waals surface area contributed by atoms with Crippen molar-refractivity contribution in [3.05, 3.63) is 78.6 Å². The van der Waals surface area contributed by atoms with E-state index in [1.807, 2.05) is 12.1 Å². The summed E-state index contributed by atoms with van der Waals surface area (Å²) in [5, 5.41) is 5.64. The van der Waals surface area contributed by atoms with Crippen LogP contribution in [0.3, 0.4) is 0 Å². The molecule has 5 rings (SSSR count). The molecule has 1 saturated heterocycles. The summed E-state index contributed by atoms with van der Waals surface area (Å²) in [4.78, 5) is 18.4. The lowest BCUT2D eigenvalue weighted by atomic mass is 10.0. The Morgan fingerprint density at radius 1 is 0.946 bits per heavy atom. The maximum Gasteiger partial charge on any atom is 0.450 e. The molecule has 192 valence electrons. The van der Waals surface area contributed by atoms with Crippen LogP contribution in [0.4, 0.5) is 23.7 Å². The highest BCUT2D eigenvalue weighted by atomic mass is 19.4. The van der Waals surface area contributed by atoms with Crippen molar-refractivity contribution in [2.45, 2.75) is 6.18 Å². The van der Waals surface area contributed by atoms with Gasteiger partial charge in [0.15, 0.2) is 0 Å². The first kappa shape index (κ1) is 24.8. The molecule has 2 N–H and O–H groups in total. The Bertz CT molecular complexity index is 1360. The molecule has 37 heavy (non-hydrogen) atoms. The smallest absolute Gasteiger partial charge is 0.379 e. The van der Waals surface area contributed by atoms with E-state index in [2.05, 4.69) is 20.5 Å². The summed E-state index contributed by atoms with van der Waals surface area (Å²) in [6.07, 6.45) is -4.61. The summed E-state index contributed by atoms with van der Waals surface area (Å²) in [6.45, 7) is 4.43. The highest BCUT2D eigenvalue weighted by Gasteiger charge is 2.38. The molecule has 0 spiro atoms. The van der Waals surface area contributed by atoms with E-state index in [-0.39, 0.29) is 11.5 Å². The first-order valence-electron chi connectivity index (χ1n) is 12.0. The molecule has 0 unspecified atom stereocenters. The number of rotatable bonds is 6. The predicted octanol–water partition coefficient (Wildman–Crippen LogP) is 5.17. The number of ether oxygens (including phenoxy) is 1. The van der Waals surface area contributed by atoms with Crippen molar-refractivity contribution in [1.82, 2.24) is 19.8 Å². The van der Waals surface area contributed by atoms with Crippen LogP contribution in [0.5, 0.6) is 0 Å². The molecule has 1 aromatic heterocycles. The highest BCUT2D eigenvalue weighted by Crippen LogP contribution is 2.35. The molecule has 7 nitrogen and oxygen atoms in total. The number of hydrogen-bond acceptors (Lipinski definition) is 4. The molecule has 0 atom stereocenters. The van der Waals surface area contributed by atoms with Crippen LogP contribution in [-0.2, 0) is 10.9 Å². The quantitative estimate of drug-likeness (QED) is 0.377. The van der Waals surface area contributed by atoms with E-state index in [0.717, 1.165) is 35.3 Å². The van der Waals surface area contributed by atoms with Gasteiger partial charge in [-0.15, -0.1) is 0 Å². The second-order valence-electron chi connectivity index (χ2n) is 8.72. The topological polar surface area (TPSA) is 71.4 Å². The summed E-state index contributed by atoms with van der Waals surface area (Å²) in [7, 11) is 0. The minimum Gasteiger partial charge on any atom is -0.379 e. The molecular formula is C27H26F3N5O2. The Labute approximate surface area is 211 Å². The summed E-state index contributed by atoms with van der Waals surface area (Å²) in [5.41, 5.74) is 3.14. The summed E-state index contributed by atoms with van der Waals surface area (Å²) >= 11 is 0. The molecule has 2 amide bonds. The van der Waals surface area contributed by atoms with Gasteiger partial charge in [0.2, 0.25) is 5.82 Å². The number of nitrogens with zero attached hydrogens (tertiary/aromatic N) is 3. The zero-order valence-electron chi connectivity index (χ0n) is 20.0. The van der Waals surface area contributed by atoms with Crippen LogP contribution in [0.2, 0.25) is 0 Å². The Balaban J connectivity index is 1.29. The minimum absolute atomic E-state index is 0.246.